The zero-order valence-corrected chi connectivity index (χ0v) is 11.8. The average molecular weight is 305 g/mol. The van der Waals surface area contributed by atoms with Crippen molar-refractivity contribution in [2.45, 2.75) is 31.9 Å². The van der Waals surface area contributed by atoms with Crippen molar-refractivity contribution in [3.63, 3.8) is 0 Å². The molecule has 1 rings (SSSR count). The second-order valence-corrected chi connectivity index (χ2v) is 5.33. The lowest BCUT2D eigenvalue weighted by Gasteiger charge is -2.32. The molecule has 1 aromatic rings. The van der Waals surface area contributed by atoms with Crippen molar-refractivity contribution in [1.29, 1.82) is 0 Å². The van der Waals surface area contributed by atoms with Gasteiger partial charge in [0.25, 0.3) is 0 Å². The van der Waals surface area contributed by atoms with Crippen LogP contribution >= 0.6 is 15.9 Å². The van der Waals surface area contributed by atoms with Gasteiger partial charge >= 0.3 is 0 Å². The minimum absolute atomic E-state index is 0.0511. The highest BCUT2D eigenvalue weighted by Gasteiger charge is 2.28. The molecule has 0 aromatic heterocycles. The van der Waals surface area contributed by atoms with Crippen molar-refractivity contribution >= 4 is 15.9 Å². The molecule has 5 heteroatoms. The second-order valence-electron chi connectivity index (χ2n) is 4.48. The number of hydrazine groups is 1. The van der Waals surface area contributed by atoms with E-state index in [1.807, 2.05) is 13.8 Å². The van der Waals surface area contributed by atoms with E-state index >= 15 is 0 Å². The van der Waals surface area contributed by atoms with Crippen LogP contribution in [0.5, 0.6) is 0 Å². The highest BCUT2D eigenvalue weighted by Crippen LogP contribution is 2.21. The second kappa shape index (κ2) is 5.91. The molecule has 0 saturated carbocycles. The number of ether oxygens (including phenoxy) is 1. The van der Waals surface area contributed by atoms with Crippen LogP contribution in [0.1, 0.15) is 19.4 Å². The Bertz CT molecular complexity index is 385. The van der Waals surface area contributed by atoms with Crippen LogP contribution < -0.4 is 11.3 Å². The van der Waals surface area contributed by atoms with E-state index in [0.29, 0.717) is 10.9 Å². The normalized spacial score (nSPS) is 13.8. The van der Waals surface area contributed by atoms with Crippen LogP contribution in [-0.2, 0) is 11.2 Å². The monoisotopic (exact) mass is 304 g/mol. The SMILES string of the molecule is COC(C)(C)C(Cc1ccc(F)c(Br)c1)NN. The maximum absolute atomic E-state index is 13.1. The van der Waals surface area contributed by atoms with Crippen molar-refractivity contribution in [2.24, 2.45) is 5.84 Å². The highest BCUT2D eigenvalue weighted by atomic mass is 79.9. The third kappa shape index (κ3) is 3.74. The largest absolute Gasteiger partial charge is 0.377 e. The van der Waals surface area contributed by atoms with Gasteiger partial charge in [0.15, 0.2) is 0 Å². The molecule has 1 unspecified atom stereocenters. The lowest BCUT2D eigenvalue weighted by molar-refractivity contribution is -0.0101. The van der Waals surface area contributed by atoms with Gasteiger partial charge in [-0.05, 0) is 53.9 Å². The molecule has 0 aliphatic heterocycles. The predicted octanol–water partition coefficient (Wildman–Crippen LogP) is 2.39. The maximum Gasteiger partial charge on any atom is 0.137 e. The summed E-state index contributed by atoms with van der Waals surface area (Å²) in [6.45, 7) is 3.91. The van der Waals surface area contributed by atoms with Crippen LogP contribution in [0.25, 0.3) is 0 Å². The Morgan fingerprint density at radius 3 is 2.65 bits per heavy atom. The van der Waals surface area contributed by atoms with Gasteiger partial charge in [0.05, 0.1) is 16.1 Å². The summed E-state index contributed by atoms with van der Waals surface area (Å²) >= 11 is 3.17. The minimum Gasteiger partial charge on any atom is -0.377 e. The van der Waals surface area contributed by atoms with E-state index in [1.165, 1.54) is 6.07 Å². The smallest absolute Gasteiger partial charge is 0.137 e. The molecular weight excluding hydrogens is 287 g/mol. The van der Waals surface area contributed by atoms with Gasteiger partial charge in [-0.2, -0.15) is 0 Å². The molecule has 1 aromatic carbocycles. The van der Waals surface area contributed by atoms with Gasteiger partial charge in [0.1, 0.15) is 5.82 Å². The van der Waals surface area contributed by atoms with Gasteiger partial charge < -0.3 is 4.74 Å². The van der Waals surface area contributed by atoms with Gasteiger partial charge in [0.2, 0.25) is 0 Å². The van der Waals surface area contributed by atoms with Gasteiger partial charge in [-0.3, -0.25) is 11.3 Å². The first-order chi connectivity index (χ1) is 7.90. The zero-order chi connectivity index (χ0) is 13.1. The minimum atomic E-state index is -0.393. The Kier molecular flexibility index (Phi) is 5.06. The average Bonchev–Trinajstić information content (AvgIpc) is 2.30. The van der Waals surface area contributed by atoms with Crippen LogP contribution in [0, 0.1) is 5.82 Å². The van der Waals surface area contributed by atoms with Crippen molar-refractivity contribution in [2.75, 3.05) is 7.11 Å². The van der Waals surface area contributed by atoms with Gasteiger partial charge in [-0.25, -0.2) is 4.39 Å². The maximum atomic E-state index is 13.1. The molecule has 0 amide bonds. The topological polar surface area (TPSA) is 47.3 Å². The fourth-order valence-electron chi connectivity index (χ4n) is 1.55. The zero-order valence-electron chi connectivity index (χ0n) is 10.3. The van der Waals surface area contributed by atoms with E-state index in [9.17, 15) is 4.39 Å². The highest BCUT2D eigenvalue weighted by molar-refractivity contribution is 9.10. The van der Waals surface area contributed by atoms with E-state index < -0.39 is 5.60 Å². The van der Waals surface area contributed by atoms with Crippen molar-refractivity contribution in [3.05, 3.63) is 34.1 Å². The number of nitrogens with two attached hydrogens (primary N) is 1. The predicted molar refractivity (Wildman–Crippen MR) is 70.0 cm³/mol. The molecule has 0 radical (unpaired) electrons. The van der Waals surface area contributed by atoms with E-state index in [1.54, 1.807) is 19.2 Å². The van der Waals surface area contributed by atoms with Crippen LogP contribution in [0.2, 0.25) is 0 Å². The standard InChI is InChI=1S/C12H18BrFN2O/c1-12(2,17-3)11(16-15)7-8-4-5-10(14)9(13)6-8/h4-6,11,16H,7,15H2,1-3H3. The number of halogens is 2. The molecule has 0 heterocycles. The van der Waals surface area contributed by atoms with Crippen molar-refractivity contribution in [1.82, 2.24) is 5.43 Å². The summed E-state index contributed by atoms with van der Waals surface area (Å²) in [7, 11) is 1.64. The third-order valence-corrected chi connectivity index (χ3v) is 3.60. The molecule has 0 fully saturated rings. The van der Waals surface area contributed by atoms with Gasteiger partial charge in [-0.1, -0.05) is 6.07 Å². The fourth-order valence-corrected chi connectivity index (χ4v) is 1.98. The number of rotatable bonds is 5. The first-order valence-electron chi connectivity index (χ1n) is 5.36. The summed E-state index contributed by atoms with van der Waals surface area (Å²) in [4.78, 5) is 0. The van der Waals surface area contributed by atoms with Gasteiger partial charge in [-0.15, -0.1) is 0 Å². The summed E-state index contributed by atoms with van der Waals surface area (Å²) in [5.41, 5.74) is 3.34. The van der Waals surface area contributed by atoms with Crippen LogP contribution in [-0.4, -0.2) is 18.8 Å². The Balaban J connectivity index is 2.84. The van der Waals surface area contributed by atoms with Crippen molar-refractivity contribution < 1.29 is 9.13 Å². The summed E-state index contributed by atoms with van der Waals surface area (Å²) in [5, 5.41) is 0. The lowest BCUT2D eigenvalue weighted by Crippen LogP contribution is -2.52. The molecule has 96 valence electrons. The van der Waals surface area contributed by atoms with E-state index in [0.717, 1.165) is 5.56 Å². The number of nitrogens with one attached hydrogen (secondary N) is 1. The summed E-state index contributed by atoms with van der Waals surface area (Å²) < 4.78 is 19.0. The molecule has 0 bridgehead atoms. The molecule has 17 heavy (non-hydrogen) atoms. The van der Waals surface area contributed by atoms with Crippen LogP contribution in [0.4, 0.5) is 4.39 Å². The number of hydrogen-bond donors (Lipinski definition) is 2. The summed E-state index contributed by atoms with van der Waals surface area (Å²) in [5.74, 6) is 5.27. The van der Waals surface area contributed by atoms with E-state index in [4.69, 9.17) is 10.6 Å². The number of hydrogen-bond acceptors (Lipinski definition) is 3. The van der Waals surface area contributed by atoms with E-state index in [-0.39, 0.29) is 11.9 Å². The molecule has 0 saturated heterocycles. The summed E-state index contributed by atoms with van der Waals surface area (Å²) in [6, 6.07) is 4.89. The first-order valence-corrected chi connectivity index (χ1v) is 6.15. The van der Waals surface area contributed by atoms with Crippen LogP contribution in [0.15, 0.2) is 22.7 Å². The molecule has 0 spiro atoms. The third-order valence-electron chi connectivity index (χ3n) is 2.99. The van der Waals surface area contributed by atoms with Crippen molar-refractivity contribution in [3.8, 4) is 0 Å². The summed E-state index contributed by atoms with van der Waals surface area (Å²) in [6.07, 6.45) is 0.663. The lowest BCUT2D eigenvalue weighted by atomic mass is 9.93. The Labute approximate surface area is 110 Å². The number of methoxy groups -OCH3 is 1. The fraction of sp³-hybridized carbons (Fsp3) is 0.500. The van der Waals surface area contributed by atoms with Gasteiger partial charge in [0, 0.05) is 7.11 Å². The van der Waals surface area contributed by atoms with E-state index in [2.05, 4.69) is 21.4 Å². The van der Waals surface area contributed by atoms with Crippen LogP contribution in [0.3, 0.4) is 0 Å². The number of benzene rings is 1. The Hall–Kier alpha value is -0.490. The molecule has 0 aliphatic carbocycles. The quantitative estimate of drug-likeness (QED) is 0.648. The molecule has 1 atom stereocenters. The Morgan fingerprint density at radius 2 is 2.18 bits per heavy atom. The molecule has 0 aliphatic rings. The molecule has 3 N–H and O–H groups in total. The Morgan fingerprint density at radius 1 is 1.53 bits per heavy atom. The molecular formula is C12H18BrFN2O. The first kappa shape index (κ1) is 14.6. The molecule has 3 nitrogen and oxygen atoms in total.